The van der Waals surface area contributed by atoms with Gasteiger partial charge in [0.15, 0.2) is 0 Å². The number of nitrogens with zero attached hydrogens (tertiary/aromatic N) is 4. The summed E-state index contributed by atoms with van der Waals surface area (Å²) in [5.41, 5.74) is 3.18. The Bertz CT molecular complexity index is 1470. The second-order valence-electron chi connectivity index (χ2n) is 10.2. The molecule has 208 valence electrons. The first-order valence-corrected chi connectivity index (χ1v) is 12.8. The zero-order valence-electron chi connectivity index (χ0n) is 22.6. The molecule has 0 spiro atoms. The molecular weight excluding hydrogens is 513 g/mol. The van der Waals surface area contributed by atoms with Crippen molar-refractivity contribution in [3.05, 3.63) is 95.3 Å². The number of halogens is 1. The molecule has 40 heavy (non-hydrogen) atoms. The molecule has 11 heteroatoms. The number of carboxylic acid groups (broad SMARTS) is 1. The number of anilines is 1. The minimum atomic E-state index is -1.05. The average molecular weight is 546 g/mol. The molecule has 0 aliphatic rings. The fraction of sp³-hybridized carbons (Fsp3) is 0.276. The van der Waals surface area contributed by atoms with E-state index in [4.69, 9.17) is 0 Å². The lowest BCUT2D eigenvalue weighted by molar-refractivity contribution is 0.0927. The predicted molar refractivity (Wildman–Crippen MR) is 149 cm³/mol. The maximum absolute atomic E-state index is 13.6. The predicted octanol–water partition coefficient (Wildman–Crippen LogP) is 4.87. The molecule has 0 bridgehead atoms. The minimum absolute atomic E-state index is 0.0821. The third-order valence-electron chi connectivity index (χ3n) is 6.30. The Labute approximate surface area is 231 Å². The highest BCUT2D eigenvalue weighted by molar-refractivity contribution is 5.99. The van der Waals surface area contributed by atoms with E-state index in [0.29, 0.717) is 41.3 Å². The van der Waals surface area contributed by atoms with Crippen LogP contribution in [0.5, 0.6) is 0 Å². The van der Waals surface area contributed by atoms with E-state index < -0.39 is 11.6 Å². The second kappa shape index (κ2) is 12.4. The van der Waals surface area contributed by atoms with Crippen LogP contribution in [0.1, 0.15) is 48.0 Å². The van der Waals surface area contributed by atoms with Crippen molar-refractivity contribution in [2.75, 3.05) is 11.9 Å². The van der Waals surface area contributed by atoms with Gasteiger partial charge in [-0.15, -0.1) is 0 Å². The molecular formula is C29H32FN7O3. The summed E-state index contributed by atoms with van der Waals surface area (Å²) in [5, 5.41) is 22.6. The molecule has 1 aromatic carbocycles. The van der Waals surface area contributed by atoms with E-state index in [2.05, 4.69) is 30.8 Å². The van der Waals surface area contributed by atoms with Crippen molar-refractivity contribution < 1.29 is 19.1 Å². The first kappa shape index (κ1) is 28.2. The van der Waals surface area contributed by atoms with E-state index in [1.165, 1.54) is 17.0 Å². The number of carbonyl (C=O) groups is 2. The van der Waals surface area contributed by atoms with E-state index in [9.17, 15) is 19.1 Å². The number of H-pyrrole nitrogens is 1. The number of benzene rings is 1. The second-order valence-corrected chi connectivity index (χ2v) is 10.2. The Morgan fingerprint density at radius 2 is 1.95 bits per heavy atom. The van der Waals surface area contributed by atoms with Crippen LogP contribution in [0.15, 0.2) is 67.1 Å². The Kier molecular flexibility index (Phi) is 8.73. The van der Waals surface area contributed by atoms with Crippen molar-refractivity contribution in [2.45, 2.75) is 45.8 Å². The van der Waals surface area contributed by atoms with Crippen molar-refractivity contribution >= 4 is 17.8 Å². The molecule has 2 amide bonds. The van der Waals surface area contributed by atoms with Crippen molar-refractivity contribution in [1.29, 1.82) is 0 Å². The Balaban J connectivity index is 1.51. The molecule has 3 aromatic heterocycles. The van der Waals surface area contributed by atoms with Crippen LogP contribution < -0.4 is 10.6 Å². The van der Waals surface area contributed by atoms with Gasteiger partial charge < -0.3 is 15.7 Å². The summed E-state index contributed by atoms with van der Waals surface area (Å²) in [6.07, 6.45) is 4.43. The summed E-state index contributed by atoms with van der Waals surface area (Å²) in [6.45, 7) is 6.10. The van der Waals surface area contributed by atoms with Crippen LogP contribution >= 0.6 is 0 Å². The standard InChI is InChI=1S/C29H32FN7O3/c1-29(2,3)37(28(39)40)18-25-20(7-5-12-31-25)15-33-27(38)23-9-10-24(21-16-34-35-17-21)36-26(23)32-13-11-19-6-4-8-22(30)14-19/h4-10,12,14,16-17H,11,13,15,18H2,1-3H3,(H,32,36)(H,33,38)(H,34,35)(H,39,40). The van der Waals surface area contributed by atoms with Crippen molar-refractivity contribution in [3.8, 4) is 11.3 Å². The number of amides is 2. The molecule has 0 atom stereocenters. The van der Waals surface area contributed by atoms with E-state index in [1.54, 1.807) is 42.9 Å². The zero-order chi connectivity index (χ0) is 28.7. The topological polar surface area (TPSA) is 136 Å². The van der Waals surface area contributed by atoms with Crippen LogP contribution in [-0.4, -0.2) is 54.3 Å². The summed E-state index contributed by atoms with van der Waals surface area (Å²) in [6, 6.07) is 13.3. The van der Waals surface area contributed by atoms with Crippen LogP contribution in [0.4, 0.5) is 15.0 Å². The molecule has 10 nitrogen and oxygen atoms in total. The molecule has 0 fully saturated rings. The summed E-state index contributed by atoms with van der Waals surface area (Å²) < 4.78 is 13.6. The first-order chi connectivity index (χ1) is 19.1. The Hall–Kier alpha value is -4.80. The molecule has 0 aliphatic heterocycles. The smallest absolute Gasteiger partial charge is 0.408 e. The third kappa shape index (κ3) is 7.19. The Morgan fingerprint density at radius 1 is 1.12 bits per heavy atom. The normalized spacial score (nSPS) is 11.2. The quantitative estimate of drug-likeness (QED) is 0.223. The highest BCUT2D eigenvalue weighted by atomic mass is 19.1. The van der Waals surface area contributed by atoms with Gasteiger partial charge in [-0.1, -0.05) is 18.2 Å². The van der Waals surface area contributed by atoms with Gasteiger partial charge in [0.05, 0.1) is 29.7 Å². The van der Waals surface area contributed by atoms with Gasteiger partial charge in [-0.05, 0) is 68.7 Å². The van der Waals surface area contributed by atoms with Gasteiger partial charge in [0.1, 0.15) is 11.6 Å². The zero-order valence-corrected chi connectivity index (χ0v) is 22.6. The van der Waals surface area contributed by atoms with Gasteiger partial charge in [0.25, 0.3) is 5.91 Å². The lowest BCUT2D eigenvalue weighted by Crippen LogP contribution is -2.44. The fourth-order valence-electron chi connectivity index (χ4n) is 4.13. The first-order valence-electron chi connectivity index (χ1n) is 12.8. The number of pyridine rings is 2. The largest absolute Gasteiger partial charge is 0.465 e. The van der Waals surface area contributed by atoms with Gasteiger partial charge in [0.2, 0.25) is 0 Å². The molecule has 0 unspecified atom stereocenters. The lowest BCUT2D eigenvalue weighted by atomic mass is 10.1. The Morgan fingerprint density at radius 3 is 2.65 bits per heavy atom. The third-order valence-corrected chi connectivity index (χ3v) is 6.30. The van der Waals surface area contributed by atoms with Gasteiger partial charge in [-0.3, -0.25) is 19.8 Å². The minimum Gasteiger partial charge on any atom is -0.465 e. The molecule has 4 rings (SSSR count). The van der Waals surface area contributed by atoms with Crippen LogP contribution in [0.3, 0.4) is 0 Å². The number of hydrogen-bond acceptors (Lipinski definition) is 6. The maximum Gasteiger partial charge on any atom is 0.408 e. The van der Waals surface area contributed by atoms with E-state index >= 15 is 0 Å². The fourth-order valence-corrected chi connectivity index (χ4v) is 4.13. The van der Waals surface area contributed by atoms with Crippen LogP contribution in [0.2, 0.25) is 0 Å². The maximum atomic E-state index is 13.6. The van der Waals surface area contributed by atoms with E-state index in [1.807, 2.05) is 32.9 Å². The van der Waals surface area contributed by atoms with Gasteiger partial charge in [-0.25, -0.2) is 14.2 Å². The van der Waals surface area contributed by atoms with E-state index in [-0.39, 0.29) is 24.8 Å². The van der Waals surface area contributed by atoms with Gasteiger partial charge in [0, 0.05) is 36.6 Å². The van der Waals surface area contributed by atoms with Crippen LogP contribution in [-0.2, 0) is 19.5 Å². The molecule has 4 N–H and O–H groups in total. The number of aromatic nitrogens is 4. The van der Waals surface area contributed by atoms with Crippen LogP contribution in [0.25, 0.3) is 11.3 Å². The number of rotatable bonds is 10. The number of carbonyl (C=O) groups excluding carboxylic acids is 1. The molecule has 0 aliphatic carbocycles. The van der Waals surface area contributed by atoms with Gasteiger partial charge >= 0.3 is 6.09 Å². The summed E-state index contributed by atoms with van der Waals surface area (Å²) in [7, 11) is 0. The van der Waals surface area contributed by atoms with Gasteiger partial charge in [-0.2, -0.15) is 5.10 Å². The number of hydrogen-bond donors (Lipinski definition) is 4. The lowest BCUT2D eigenvalue weighted by Gasteiger charge is -2.33. The molecule has 0 saturated carbocycles. The number of aromatic amines is 1. The van der Waals surface area contributed by atoms with E-state index in [0.717, 1.165) is 11.1 Å². The SMILES string of the molecule is CC(C)(C)N(Cc1ncccc1CNC(=O)c1ccc(-c2cn[nH]c2)nc1NCCc1cccc(F)c1)C(=O)O. The molecule has 4 aromatic rings. The number of nitrogens with one attached hydrogen (secondary N) is 3. The molecule has 0 saturated heterocycles. The molecule has 0 radical (unpaired) electrons. The summed E-state index contributed by atoms with van der Waals surface area (Å²) in [5.74, 6) is -0.287. The summed E-state index contributed by atoms with van der Waals surface area (Å²) >= 11 is 0. The van der Waals surface area contributed by atoms with Crippen LogP contribution in [0, 0.1) is 5.82 Å². The van der Waals surface area contributed by atoms with Crippen molar-refractivity contribution in [1.82, 2.24) is 30.4 Å². The van der Waals surface area contributed by atoms with Crippen molar-refractivity contribution in [3.63, 3.8) is 0 Å². The van der Waals surface area contributed by atoms with Crippen molar-refractivity contribution in [2.24, 2.45) is 0 Å². The average Bonchev–Trinajstić information content (AvgIpc) is 3.45. The summed E-state index contributed by atoms with van der Waals surface area (Å²) in [4.78, 5) is 35.5. The monoisotopic (exact) mass is 545 g/mol. The highest BCUT2D eigenvalue weighted by Crippen LogP contribution is 2.22. The highest BCUT2D eigenvalue weighted by Gasteiger charge is 2.27. The molecule has 3 heterocycles.